The largest absolute Gasteiger partial charge is 0.481 e. The average Bonchev–Trinajstić information content (AvgIpc) is 3.33. The van der Waals surface area contributed by atoms with E-state index in [9.17, 15) is 4.79 Å². The third kappa shape index (κ3) is 12.9. The Labute approximate surface area is 151 Å². The molecule has 1 aliphatic rings. The Morgan fingerprint density at radius 3 is 2.40 bits per heavy atom. The van der Waals surface area contributed by atoms with E-state index in [0.29, 0.717) is 6.42 Å². The highest BCUT2D eigenvalue weighted by Gasteiger charge is 2.34. The zero-order valence-corrected chi connectivity index (χ0v) is 15.1. The fraction of sp³-hybridized carbons (Fsp3) is 0.409. The summed E-state index contributed by atoms with van der Waals surface area (Å²) in [4.78, 5) is 10.4. The molecule has 3 nitrogen and oxygen atoms in total. The number of hydrogen-bond donors (Lipinski definition) is 1. The van der Waals surface area contributed by atoms with Crippen LogP contribution in [-0.2, 0) is 9.53 Å². The molecule has 1 saturated heterocycles. The maximum absolute atomic E-state index is 10.4. The first-order valence-electron chi connectivity index (χ1n) is 9.06. The van der Waals surface area contributed by atoms with E-state index < -0.39 is 5.97 Å². The van der Waals surface area contributed by atoms with Crippen molar-refractivity contribution in [3.8, 4) is 0 Å². The number of ether oxygens (including phenoxy) is 1. The summed E-state index contributed by atoms with van der Waals surface area (Å²) in [6.45, 7) is 2.14. The molecule has 0 spiro atoms. The molecule has 1 N–H and O–H groups in total. The molecule has 25 heavy (non-hydrogen) atoms. The summed E-state index contributed by atoms with van der Waals surface area (Å²) in [5, 5.41) is 8.53. The molecule has 2 unspecified atom stereocenters. The number of rotatable bonds is 13. The van der Waals surface area contributed by atoms with Gasteiger partial charge in [-0.25, -0.2) is 0 Å². The number of epoxide rings is 1. The second kappa shape index (κ2) is 14.2. The highest BCUT2D eigenvalue weighted by molar-refractivity contribution is 5.66. The maximum atomic E-state index is 10.4. The molecule has 136 valence electrons. The minimum atomic E-state index is -0.755. The molecule has 0 saturated carbocycles. The summed E-state index contributed by atoms with van der Waals surface area (Å²) in [7, 11) is 0. The second-order valence-corrected chi connectivity index (χ2v) is 5.80. The van der Waals surface area contributed by atoms with E-state index in [2.05, 4.69) is 43.4 Å². The van der Waals surface area contributed by atoms with Crippen molar-refractivity contribution in [3.05, 3.63) is 72.9 Å². The lowest BCUT2D eigenvalue weighted by molar-refractivity contribution is -0.136. The molecule has 0 aromatic rings. The van der Waals surface area contributed by atoms with Gasteiger partial charge >= 0.3 is 5.97 Å². The third-order valence-electron chi connectivity index (χ3n) is 3.57. The second-order valence-electron chi connectivity index (χ2n) is 5.80. The highest BCUT2D eigenvalue weighted by Crippen LogP contribution is 2.26. The van der Waals surface area contributed by atoms with E-state index >= 15 is 0 Å². The number of carboxylic acids is 1. The predicted molar refractivity (Wildman–Crippen MR) is 105 cm³/mol. The minimum absolute atomic E-state index is 0.190. The average molecular weight is 342 g/mol. The number of carbonyl (C=O) groups is 1. The molecule has 0 radical (unpaired) electrons. The van der Waals surface area contributed by atoms with Crippen molar-refractivity contribution in [2.24, 2.45) is 0 Å². The molecule has 0 aromatic carbocycles. The molecular weight excluding hydrogens is 312 g/mol. The van der Waals surface area contributed by atoms with Crippen LogP contribution in [0.2, 0.25) is 0 Å². The molecule has 1 heterocycles. The van der Waals surface area contributed by atoms with Crippen LogP contribution in [0.3, 0.4) is 0 Å². The summed E-state index contributed by atoms with van der Waals surface area (Å²) in [6, 6.07) is 0. The van der Waals surface area contributed by atoms with Crippen LogP contribution in [0.15, 0.2) is 72.9 Å². The zero-order valence-electron chi connectivity index (χ0n) is 15.1. The highest BCUT2D eigenvalue weighted by atomic mass is 16.6. The first-order valence-corrected chi connectivity index (χ1v) is 9.06. The smallest absolute Gasteiger partial charge is 0.303 e. The summed E-state index contributed by atoms with van der Waals surface area (Å²) in [5.41, 5.74) is 0. The summed E-state index contributed by atoms with van der Waals surface area (Å²) < 4.78 is 5.52. The zero-order chi connectivity index (χ0) is 18.2. The molecule has 0 amide bonds. The van der Waals surface area contributed by atoms with E-state index in [0.717, 1.165) is 25.7 Å². The Morgan fingerprint density at radius 1 is 0.920 bits per heavy atom. The molecule has 1 rings (SSSR count). The van der Waals surface area contributed by atoms with Crippen LogP contribution < -0.4 is 0 Å². The first-order chi connectivity index (χ1) is 12.2. The molecule has 0 bridgehead atoms. The Kier molecular flexibility index (Phi) is 11.9. The first kappa shape index (κ1) is 20.9. The Morgan fingerprint density at radius 2 is 1.64 bits per heavy atom. The maximum Gasteiger partial charge on any atom is 0.303 e. The van der Waals surface area contributed by atoms with Gasteiger partial charge in [-0.15, -0.1) is 0 Å². The van der Waals surface area contributed by atoms with Crippen LogP contribution in [0.5, 0.6) is 0 Å². The lowest BCUT2D eigenvalue weighted by Crippen LogP contribution is -1.92. The van der Waals surface area contributed by atoms with Crippen molar-refractivity contribution in [2.75, 3.05) is 0 Å². The van der Waals surface area contributed by atoms with E-state index in [1.54, 1.807) is 0 Å². The number of hydrogen-bond acceptors (Lipinski definition) is 2. The van der Waals surface area contributed by atoms with Crippen molar-refractivity contribution in [3.63, 3.8) is 0 Å². The van der Waals surface area contributed by atoms with Gasteiger partial charge in [-0.05, 0) is 32.1 Å². The predicted octanol–water partition coefficient (Wildman–Crippen LogP) is 5.54. The van der Waals surface area contributed by atoms with Gasteiger partial charge < -0.3 is 9.84 Å². The van der Waals surface area contributed by atoms with Crippen molar-refractivity contribution in [1.29, 1.82) is 0 Å². The van der Waals surface area contributed by atoms with Gasteiger partial charge in [0.2, 0.25) is 0 Å². The quantitative estimate of drug-likeness (QED) is 0.272. The van der Waals surface area contributed by atoms with Gasteiger partial charge in [0.1, 0.15) is 6.10 Å². The lowest BCUT2D eigenvalue weighted by Gasteiger charge is -1.87. The van der Waals surface area contributed by atoms with Crippen molar-refractivity contribution in [1.82, 2.24) is 0 Å². The van der Waals surface area contributed by atoms with E-state index in [1.165, 1.54) is 0 Å². The van der Waals surface area contributed by atoms with Crippen molar-refractivity contribution in [2.45, 2.75) is 57.7 Å². The Bertz CT molecular complexity index is 535. The van der Waals surface area contributed by atoms with Gasteiger partial charge in [0.05, 0.1) is 6.10 Å². The van der Waals surface area contributed by atoms with Gasteiger partial charge in [0, 0.05) is 6.42 Å². The molecule has 1 aliphatic heterocycles. The van der Waals surface area contributed by atoms with Gasteiger partial charge in [-0.3, -0.25) is 4.79 Å². The van der Waals surface area contributed by atoms with E-state index in [4.69, 9.17) is 9.84 Å². The van der Waals surface area contributed by atoms with Crippen LogP contribution in [0.1, 0.15) is 45.4 Å². The van der Waals surface area contributed by atoms with Gasteiger partial charge in [0.15, 0.2) is 0 Å². The molecule has 0 aliphatic carbocycles. The number of aliphatic carboxylic acids is 1. The summed E-state index contributed by atoms with van der Waals surface area (Å²) in [5.74, 6) is -0.755. The normalized spacial score (nSPS) is 21.2. The van der Waals surface area contributed by atoms with E-state index in [1.807, 2.05) is 36.5 Å². The fourth-order valence-electron chi connectivity index (χ4n) is 2.14. The molecule has 2 atom stereocenters. The summed E-state index contributed by atoms with van der Waals surface area (Å²) in [6.07, 6.45) is 30.0. The molecule has 1 fully saturated rings. The van der Waals surface area contributed by atoms with Gasteiger partial charge in [-0.1, -0.05) is 79.8 Å². The molecular formula is C22H30O3. The summed E-state index contributed by atoms with van der Waals surface area (Å²) >= 11 is 0. The molecule has 0 aromatic heterocycles. The lowest BCUT2D eigenvalue weighted by atomic mass is 10.2. The molecule has 3 heteroatoms. The fourth-order valence-corrected chi connectivity index (χ4v) is 2.14. The Hall–Kier alpha value is -2.13. The Balaban J connectivity index is 2.04. The third-order valence-corrected chi connectivity index (χ3v) is 3.57. The number of allylic oxidation sites excluding steroid dienone is 10. The topological polar surface area (TPSA) is 49.8 Å². The van der Waals surface area contributed by atoms with Crippen molar-refractivity contribution < 1.29 is 14.6 Å². The standard InChI is InChI=1S/C22H30O3/c1-2-3-4-5-6-7-8-9-10-11-12-14-17-20-21(25-20)18-15-13-16-19-22(23)24/h3-4,6-7,9-15,17,20-21H,2,5,8,16,18-19H2,1H3,(H,23,24)/b4-3+,7-6+,10-9+,12-11+,15-13+,17-14+. The van der Waals surface area contributed by atoms with Crippen molar-refractivity contribution >= 4 is 5.97 Å². The number of carboxylic acid groups (broad SMARTS) is 1. The monoisotopic (exact) mass is 342 g/mol. The van der Waals surface area contributed by atoms with Crippen LogP contribution >= 0.6 is 0 Å². The van der Waals surface area contributed by atoms with Crippen LogP contribution in [0.25, 0.3) is 0 Å². The van der Waals surface area contributed by atoms with Crippen LogP contribution in [-0.4, -0.2) is 23.3 Å². The van der Waals surface area contributed by atoms with Gasteiger partial charge in [-0.2, -0.15) is 0 Å². The van der Waals surface area contributed by atoms with Gasteiger partial charge in [0.25, 0.3) is 0 Å². The van der Waals surface area contributed by atoms with E-state index in [-0.39, 0.29) is 18.6 Å². The van der Waals surface area contributed by atoms with Crippen LogP contribution in [0.4, 0.5) is 0 Å². The minimum Gasteiger partial charge on any atom is -0.481 e. The SMILES string of the molecule is CC/C=C/C/C=C/C/C=C/C=C/C=C/C1OC1C/C=C/CCC(=O)O. The van der Waals surface area contributed by atoms with Crippen LogP contribution in [0, 0.1) is 0 Å².